The maximum absolute atomic E-state index is 11.2. The lowest BCUT2D eigenvalue weighted by Gasteiger charge is -1.98. The fourth-order valence-electron chi connectivity index (χ4n) is 2.32. The second-order valence-electron chi connectivity index (χ2n) is 4.39. The van der Waals surface area contributed by atoms with E-state index in [0.717, 1.165) is 22.2 Å². The summed E-state index contributed by atoms with van der Waals surface area (Å²) in [6.07, 6.45) is 0. The lowest BCUT2D eigenvalue weighted by atomic mass is 10.1. The fraction of sp³-hybridized carbons (Fsp3) is 0.143. The van der Waals surface area contributed by atoms with Crippen molar-refractivity contribution in [2.75, 3.05) is 0 Å². The molecule has 0 aliphatic carbocycles. The molecule has 0 bridgehead atoms. The van der Waals surface area contributed by atoms with E-state index in [1.54, 1.807) is 6.92 Å². The van der Waals surface area contributed by atoms with E-state index in [4.69, 9.17) is 4.42 Å². The number of hydrogen-bond acceptors (Lipinski definition) is 3. The maximum atomic E-state index is 11.2. The van der Waals surface area contributed by atoms with Gasteiger partial charge < -0.3 is 14.5 Å². The van der Waals surface area contributed by atoms with Crippen molar-refractivity contribution in [1.82, 2.24) is 9.97 Å². The zero-order valence-electron chi connectivity index (χ0n) is 10.5. The first kappa shape index (κ1) is 11.5. The van der Waals surface area contributed by atoms with Crippen LogP contribution in [-0.4, -0.2) is 21.0 Å². The highest BCUT2D eigenvalue weighted by molar-refractivity contribution is 6.01. The van der Waals surface area contributed by atoms with E-state index in [-0.39, 0.29) is 5.76 Å². The number of para-hydroxylation sites is 1. The van der Waals surface area contributed by atoms with E-state index in [2.05, 4.69) is 9.97 Å². The number of aromatic nitrogens is 2. The molecule has 1 aromatic carbocycles. The van der Waals surface area contributed by atoms with Gasteiger partial charge in [-0.25, -0.2) is 9.78 Å². The van der Waals surface area contributed by atoms with Gasteiger partial charge in [-0.1, -0.05) is 18.2 Å². The highest BCUT2D eigenvalue weighted by atomic mass is 16.4. The van der Waals surface area contributed by atoms with E-state index in [9.17, 15) is 9.90 Å². The van der Waals surface area contributed by atoms with Crippen LogP contribution in [0.25, 0.3) is 22.2 Å². The number of carbonyl (C=O) groups is 1. The third-order valence-corrected chi connectivity index (χ3v) is 3.06. The van der Waals surface area contributed by atoms with Gasteiger partial charge in [0.1, 0.15) is 5.69 Å². The zero-order chi connectivity index (χ0) is 13.6. The Bertz CT molecular complexity index is 783. The molecule has 0 radical (unpaired) electrons. The van der Waals surface area contributed by atoms with Gasteiger partial charge in [-0.2, -0.15) is 0 Å². The van der Waals surface area contributed by atoms with E-state index >= 15 is 0 Å². The standard InChI is InChI=1S/C14H12N2O3/c1-7-11(9-5-3-4-6-10(9)15-7)12-13(14(17)18)19-8(2)16-12/h3-6,15H,1-2H3,(H,17,18). The molecule has 2 heterocycles. The normalized spacial score (nSPS) is 11.1. The topological polar surface area (TPSA) is 79.1 Å². The van der Waals surface area contributed by atoms with Gasteiger partial charge in [0.15, 0.2) is 5.89 Å². The molecule has 96 valence electrons. The van der Waals surface area contributed by atoms with Crippen LogP contribution < -0.4 is 0 Å². The van der Waals surface area contributed by atoms with Crippen molar-refractivity contribution < 1.29 is 14.3 Å². The second kappa shape index (κ2) is 3.98. The van der Waals surface area contributed by atoms with Gasteiger partial charge in [0.05, 0.1) is 0 Å². The summed E-state index contributed by atoms with van der Waals surface area (Å²) in [4.78, 5) is 18.7. The Balaban J connectivity index is 2.36. The van der Waals surface area contributed by atoms with Crippen LogP contribution in [0.15, 0.2) is 28.7 Å². The molecular formula is C14H12N2O3. The summed E-state index contributed by atoms with van der Waals surface area (Å²) in [6.45, 7) is 3.53. The van der Waals surface area contributed by atoms with Crippen LogP contribution in [0.5, 0.6) is 0 Å². The van der Waals surface area contributed by atoms with Gasteiger partial charge in [-0.05, 0) is 13.0 Å². The van der Waals surface area contributed by atoms with E-state index in [1.807, 2.05) is 31.2 Å². The van der Waals surface area contributed by atoms with E-state index in [1.165, 1.54) is 0 Å². The van der Waals surface area contributed by atoms with Gasteiger partial charge in [0.2, 0.25) is 5.76 Å². The second-order valence-corrected chi connectivity index (χ2v) is 4.39. The number of nitrogens with one attached hydrogen (secondary N) is 1. The van der Waals surface area contributed by atoms with Crippen LogP contribution in [-0.2, 0) is 0 Å². The van der Waals surface area contributed by atoms with Gasteiger partial charge >= 0.3 is 5.97 Å². The average molecular weight is 256 g/mol. The number of oxazole rings is 1. The number of aryl methyl sites for hydroxylation is 2. The number of carboxylic acid groups (broad SMARTS) is 1. The van der Waals surface area contributed by atoms with Crippen LogP contribution in [0.3, 0.4) is 0 Å². The summed E-state index contributed by atoms with van der Waals surface area (Å²) >= 11 is 0. The quantitative estimate of drug-likeness (QED) is 0.738. The lowest BCUT2D eigenvalue weighted by Crippen LogP contribution is -1.97. The molecule has 0 fully saturated rings. The summed E-state index contributed by atoms with van der Waals surface area (Å²) in [6, 6.07) is 7.71. The number of aromatic carboxylic acids is 1. The Labute approximate surface area is 108 Å². The molecule has 0 atom stereocenters. The van der Waals surface area contributed by atoms with Gasteiger partial charge in [0, 0.05) is 29.1 Å². The van der Waals surface area contributed by atoms with Crippen molar-refractivity contribution in [2.45, 2.75) is 13.8 Å². The highest BCUT2D eigenvalue weighted by Crippen LogP contribution is 2.33. The van der Waals surface area contributed by atoms with Crippen LogP contribution >= 0.6 is 0 Å². The molecule has 0 spiro atoms. The van der Waals surface area contributed by atoms with E-state index < -0.39 is 5.97 Å². The van der Waals surface area contributed by atoms with Crippen molar-refractivity contribution in [3.63, 3.8) is 0 Å². The molecule has 0 saturated carbocycles. The van der Waals surface area contributed by atoms with Crippen molar-refractivity contribution in [3.05, 3.63) is 41.6 Å². The average Bonchev–Trinajstić information content (AvgIpc) is 2.88. The number of carboxylic acids is 1. The Kier molecular flexibility index (Phi) is 2.41. The molecule has 5 nitrogen and oxygen atoms in total. The minimum Gasteiger partial charge on any atom is -0.475 e. The minimum atomic E-state index is -1.11. The maximum Gasteiger partial charge on any atom is 0.374 e. The first-order chi connectivity index (χ1) is 9.08. The molecule has 0 aliphatic heterocycles. The summed E-state index contributed by atoms with van der Waals surface area (Å²) < 4.78 is 5.18. The Hall–Kier alpha value is -2.56. The largest absolute Gasteiger partial charge is 0.475 e. The summed E-state index contributed by atoms with van der Waals surface area (Å²) in [5.41, 5.74) is 2.98. The third kappa shape index (κ3) is 1.71. The molecule has 0 amide bonds. The summed E-state index contributed by atoms with van der Waals surface area (Å²) in [7, 11) is 0. The Morgan fingerprint density at radius 2 is 2.05 bits per heavy atom. The number of benzene rings is 1. The molecule has 0 aliphatic rings. The zero-order valence-corrected chi connectivity index (χ0v) is 10.5. The minimum absolute atomic E-state index is 0.120. The number of fused-ring (bicyclic) bond motifs is 1. The lowest BCUT2D eigenvalue weighted by molar-refractivity contribution is 0.0662. The van der Waals surface area contributed by atoms with Crippen molar-refractivity contribution >= 4 is 16.9 Å². The number of H-pyrrole nitrogens is 1. The Morgan fingerprint density at radius 1 is 1.32 bits per heavy atom. The van der Waals surface area contributed by atoms with Gasteiger partial charge in [-0.15, -0.1) is 0 Å². The van der Waals surface area contributed by atoms with Crippen molar-refractivity contribution in [1.29, 1.82) is 0 Å². The van der Waals surface area contributed by atoms with Gasteiger partial charge in [-0.3, -0.25) is 0 Å². The summed E-state index contributed by atoms with van der Waals surface area (Å²) in [5, 5.41) is 10.1. The van der Waals surface area contributed by atoms with Crippen molar-refractivity contribution in [3.8, 4) is 11.3 Å². The van der Waals surface area contributed by atoms with Crippen LogP contribution in [0.1, 0.15) is 22.1 Å². The summed E-state index contributed by atoms with van der Waals surface area (Å²) in [5.74, 6) is -0.886. The third-order valence-electron chi connectivity index (χ3n) is 3.06. The fourth-order valence-corrected chi connectivity index (χ4v) is 2.32. The predicted molar refractivity (Wildman–Crippen MR) is 70.2 cm³/mol. The number of aromatic amines is 1. The molecule has 5 heteroatoms. The molecule has 2 N–H and O–H groups in total. The molecule has 0 unspecified atom stereocenters. The van der Waals surface area contributed by atoms with Crippen molar-refractivity contribution in [2.24, 2.45) is 0 Å². The van der Waals surface area contributed by atoms with Gasteiger partial charge in [0.25, 0.3) is 0 Å². The number of hydrogen-bond donors (Lipinski definition) is 2. The van der Waals surface area contributed by atoms with Crippen LogP contribution in [0.2, 0.25) is 0 Å². The van der Waals surface area contributed by atoms with Crippen LogP contribution in [0.4, 0.5) is 0 Å². The highest BCUT2D eigenvalue weighted by Gasteiger charge is 2.23. The van der Waals surface area contributed by atoms with Crippen LogP contribution in [0, 0.1) is 13.8 Å². The monoisotopic (exact) mass is 256 g/mol. The molecule has 3 rings (SSSR count). The Morgan fingerprint density at radius 3 is 2.79 bits per heavy atom. The number of nitrogens with zero attached hydrogens (tertiary/aromatic N) is 1. The molecule has 19 heavy (non-hydrogen) atoms. The molecule has 2 aromatic heterocycles. The predicted octanol–water partition coefficient (Wildman–Crippen LogP) is 3.14. The molecule has 3 aromatic rings. The molecular weight excluding hydrogens is 244 g/mol. The first-order valence-corrected chi connectivity index (χ1v) is 5.86. The number of rotatable bonds is 2. The SMILES string of the molecule is Cc1nc(-c2c(C)[nH]c3ccccc23)c(C(=O)O)o1. The molecule has 0 saturated heterocycles. The smallest absolute Gasteiger partial charge is 0.374 e. The first-order valence-electron chi connectivity index (χ1n) is 5.86. The van der Waals surface area contributed by atoms with E-state index in [0.29, 0.717) is 11.6 Å².